The Kier molecular flexibility index (Phi) is 8.91. The highest BCUT2D eigenvalue weighted by Crippen LogP contribution is 2.00. The number of hydrogen-bond donors (Lipinski definition) is 2. The average Bonchev–Trinajstić information content (AvgIpc) is 2.50. The number of nitrogens with one attached hydrogen (secondary N) is 2. The molecule has 0 aliphatic rings. The van der Waals surface area contributed by atoms with Gasteiger partial charge in [-0.25, -0.2) is 9.97 Å². The fourth-order valence-corrected chi connectivity index (χ4v) is 1.97. The van der Waals surface area contributed by atoms with Crippen LogP contribution in [-0.4, -0.2) is 47.6 Å². The van der Waals surface area contributed by atoms with Crippen LogP contribution < -0.4 is 10.6 Å². The maximum absolute atomic E-state index is 4.30. The minimum absolute atomic E-state index is 0.720. The van der Waals surface area contributed by atoms with E-state index in [9.17, 15) is 0 Å². The van der Waals surface area contributed by atoms with Crippen molar-refractivity contribution < 1.29 is 0 Å². The molecule has 0 aliphatic carbocycles. The maximum atomic E-state index is 4.30. The van der Waals surface area contributed by atoms with E-state index in [1.807, 2.05) is 12.4 Å². The van der Waals surface area contributed by atoms with Gasteiger partial charge in [-0.05, 0) is 39.0 Å². The third kappa shape index (κ3) is 6.82. The molecule has 20 heavy (non-hydrogen) atoms. The second kappa shape index (κ2) is 10.6. The predicted molar refractivity (Wildman–Crippen MR) is 84.9 cm³/mol. The molecular formula is C15H29N5. The van der Waals surface area contributed by atoms with Gasteiger partial charge < -0.3 is 15.5 Å². The van der Waals surface area contributed by atoms with Gasteiger partial charge in [0.05, 0.1) is 0 Å². The summed E-state index contributed by atoms with van der Waals surface area (Å²) >= 11 is 0. The first-order valence-corrected chi connectivity index (χ1v) is 7.78. The van der Waals surface area contributed by atoms with Crippen LogP contribution in [0, 0.1) is 0 Å². The van der Waals surface area contributed by atoms with Gasteiger partial charge in [0, 0.05) is 31.0 Å². The van der Waals surface area contributed by atoms with Gasteiger partial charge in [-0.2, -0.15) is 0 Å². The number of nitrogens with zero attached hydrogens (tertiary/aromatic N) is 3. The minimum atomic E-state index is 0.720. The lowest BCUT2D eigenvalue weighted by Gasteiger charge is -2.17. The standard InChI is InChI=1S/C15H29N5/c1-4-8-17-15-18-12-14(13-19-15)11-16-9-7-10-20(5-2)6-3/h12-13,16H,4-11H2,1-3H3,(H,17,18,19). The molecule has 0 spiro atoms. The lowest BCUT2D eigenvalue weighted by Crippen LogP contribution is -2.27. The van der Waals surface area contributed by atoms with E-state index in [0.29, 0.717) is 0 Å². The molecular weight excluding hydrogens is 250 g/mol. The van der Waals surface area contributed by atoms with Crippen LogP contribution in [0.25, 0.3) is 0 Å². The normalized spacial score (nSPS) is 11.0. The molecule has 0 bridgehead atoms. The van der Waals surface area contributed by atoms with E-state index < -0.39 is 0 Å². The fraction of sp³-hybridized carbons (Fsp3) is 0.733. The lowest BCUT2D eigenvalue weighted by atomic mass is 10.3. The molecule has 5 nitrogen and oxygen atoms in total. The van der Waals surface area contributed by atoms with Crippen LogP contribution >= 0.6 is 0 Å². The van der Waals surface area contributed by atoms with Gasteiger partial charge in [0.25, 0.3) is 0 Å². The molecule has 0 atom stereocenters. The Morgan fingerprint density at radius 1 is 1.05 bits per heavy atom. The smallest absolute Gasteiger partial charge is 0.222 e. The number of hydrogen-bond acceptors (Lipinski definition) is 5. The Morgan fingerprint density at radius 2 is 1.75 bits per heavy atom. The molecule has 1 aromatic rings. The van der Waals surface area contributed by atoms with Crippen molar-refractivity contribution in [1.82, 2.24) is 20.2 Å². The second-order valence-electron chi connectivity index (χ2n) is 4.90. The first-order valence-electron chi connectivity index (χ1n) is 7.78. The maximum Gasteiger partial charge on any atom is 0.222 e. The average molecular weight is 279 g/mol. The van der Waals surface area contributed by atoms with Crippen molar-refractivity contribution in [2.24, 2.45) is 0 Å². The van der Waals surface area contributed by atoms with Crippen LogP contribution in [0.5, 0.6) is 0 Å². The molecule has 1 heterocycles. The Hall–Kier alpha value is -1.20. The van der Waals surface area contributed by atoms with Crippen molar-refractivity contribution in [3.05, 3.63) is 18.0 Å². The van der Waals surface area contributed by atoms with Crippen LogP contribution in [0.15, 0.2) is 12.4 Å². The minimum Gasteiger partial charge on any atom is -0.354 e. The molecule has 0 radical (unpaired) electrons. The van der Waals surface area contributed by atoms with Gasteiger partial charge in [0.1, 0.15) is 0 Å². The largest absolute Gasteiger partial charge is 0.354 e. The van der Waals surface area contributed by atoms with E-state index in [0.717, 1.165) is 57.2 Å². The summed E-state index contributed by atoms with van der Waals surface area (Å²) in [6.45, 7) is 12.8. The summed E-state index contributed by atoms with van der Waals surface area (Å²) < 4.78 is 0. The summed E-state index contributed by atoms with van der Waals surface area (Å²) in [5.74, 6) is 0.720. The van der Waals surface area contributed by atoms with E-state index in [4.69, 9.17) is 0 Å². The van der Waals surface area contributed by atoms with Gasteiger partial charge in [-0.1, -0.05) is 20.8 Å². The summed E-state index contributed by atoms with van der Waals surface area (Å²) in [6.07, 6.45) is 6.04. The zero-order chi connectivity index (χ0) is 14.6. The van der Waals surface area contributed by atoms with Crippen LogP contribution in [0.4, 0.5) is 5.95 Å². The van der Waals surface area contributed by atoms with Gasteiger partial charge in [-0.3, -0.25) is 0 Å². The molecule has 1 aromatic heterocycles. The van der Waals surface area contributed by atoms with Crippen LogP contribution in [-0.2, 0) is 6.54 Å². The second-order valence-corrected chi connectivity index (χ2v) is 4.90. The van der Waals surface area contributed by atoms with Gasteiger partial charge in [-0.15, -0.1) is 0 Å². The van der Waals surface area contributed by atoms with Crippen molar-refractivity contribution in [2.75, 3.05) is 38.0 Å². The van der Waals surface area contributed by atoms with Gasteiger partial charge in [0.2, 0.25) is 5.95 Å². The lowest BCUT2D eigenvalue weighted by molar-refractivity contribution is 0.298. The molecule has 0 saturated heterocycles. The summed E-state index contributed by atoms with van der Waals surface area (Å²) in [5, 5.41) is 6.62. The third-order valence-electron chi connectivity index (χ3n) is 3.29. The van der Waals surface area contributed by atoms with E-state index in [2.05, 4.69) is 46.3 Å². The van der Waals surface area contributed by atoms with Crippen molar-refractivity contribution in [2.45, 2.75) is 40.2 Å². The molecule has 0 amide bonds. The topological polar surface area (TPSA) is 53.1 Å². The van der Waals surface area contributed by atoms with Crippen LogP contribution in [0.2, 0.25) is 0 Å². The van der Waals surface area contributed by atoms with E-state index in [-0.39, 0.29) is 0 Å². The summed E-state index contributed by atoms with van der Waals surface area (Å²) in [6, 6.07) is 0. The molecule has 1 rings (SSSR count). The highest BCUT2D eigenvalue weighted by Gasteiger charge is 1.99. The zero-order valence-corrected chi connectivity index (χ0v) is 13.2. The molecule has 0 saturated carbocycles. The predicted octanol–water partition coefficient (Wildman–Crippen LogP) is 2.12. The SMILES string of the molecule is CCCNc1ncc(CNCCCN(CC)CC)cn1. The zero-order valence-electron chi connectivity index (χ0n) is 13.2. The highest BCUT2D eigenvalue weighted by molar-refractivity contribution is 5.24. The van der Waals surface area contributed by atoms with Crippen LogP contribution in [0.3, 0.4) is 0 Å². The van der Waals surface area contributed by atoms with Crippen molar-refractivity contribution in [3.63, 3.8) is 0 Å². The molecule has 0 aromatic carbocycles. The van der Waals surface area contributed by atoms with Crippen LogP contribution in [0.1, 0.15) is 39.2 Å². The summed E-state index contributed by atoms with van der Waals surface area (Å²) in [7, 11) is 0. The van der Waals surface area contributed by atoms with E-state index in [1.165, 1.54) is 6.42 Å². The Morgan fingerprint density at radius 3 is 2.35 bits per heavy atom. The fourth-order valence-electron chi connectivity index (χ4n) is 1.97. The third-order valence-corrected chi connectivity index (χ3v) is 3.29. The molecule has 5 heteroatoms. The molecule has 0 fully saturated rings. The molecule has 0 aliphatic heterocycles. The quantitative estimate of drug-likeness (QED) is 0.608. The first-order chi connectivity index (χ1) is 9.80. The van der Waals surface area contributed by atoms with Crippen molar-refractivity contribution in [1.29, 1.82) is 0 Å². The molecule has 0 unspecified atom stereocenters. The molecule has 2 N–H and O–H groups in total. The van der Waals surface area contributed by atoms with E-state index >= 15 is 0 Å². The summed E-state index contributed by atoms with van der Waals surface area (Å²) in [4.78, 5) is 11.0. The number of rotatable bonds is 11. The summed E-state index contributed by atoms with van der Waals surface area (Å²) in [5.41, 5.74) is 1.13. The Bertz CT molecular complexity index is 335. The first kappa shape index (κ1) is 16.9. The van der Waals surface area contributed by atoms with Gasteiger partial charge >= 0.3 is 0 Å². The van der Waals surface area contributed by atoms with E-state index in [1.54, 1.807) is 0 Å². The highest BCUT2D eigenvalue weighted by atomic mass is 15.1. The molecule has 114 valence electrons. The monoisotopic (exact) mass is 279 g/mol. The number of aromatic nitrogens is 2. The van der Waals surface area contributed by atoms with Crippen molar-refractivity contribution in [3.8, 4) is 0 Å². The van der Waals surface area contributed by atoms with Gasteiger partial charge in [0.15, 0.2) is 0 Å². The Balaban J connectivity index is 2.15. The number of anilines is 1. The Labute approximate surface area is 123 Å². The van der Waals surface area contributed by atoms with Crippen molar-refractivity contribution >= 4 is 5.95 Å².